The van der Waals surface area contributed by atoms with Crippen LogP contribution in [0.15, 0.2) is 79.0 Å². The number of hydrogen-bond acceptors (Lipinski definition) is 7. The number of aliphatic hydroxyl groups excluding tert-OH is 1. The van der Waals surface area contributed by atoms with Crippen LogP contribution in [-0.4, -0.2) is 58.1 Å². The number of nitrogens with two attached hydrogens (primary N) is 1. The van der Waals surface area contributed by atoms with E-state index in [-0.39, 0.29) is 6.67 Å². The molecule has 3 unspecified atom stereocenters. The van der Waals surface area contributed by atoms with E-state index in [0.29, 0.717) is 16.8 Å². The number of amides is 1. The Morgan fingerprint density at radius 3 is 2.10 bits per heavy atom. The molecule has 40 heavy (non-hydrogen) atoms. The molecule has 0 fully saturated rings. The number of hydrazine groups is 1. The van der Waals surface area contributed by atoms with Gasteiger partial charge in [0.05, 0.1) is 24.4 Å². The average molecular weight is 559 g/mol. The molecule has 1 heterocycles. The van der Waals surface area contributed by atoms with Gasteiger partial charge >= 0.3 is 12.3 Å². The Morgan fingerprint density at radius 2 is 1.57 bits per heavy atom. The highest BCUT2D eigenvalue weighted by Gasteiger charge is 2.50. The van der Waals surface area contributed by atoms with Crippen molar-refractivity contribution >= 4 is 11.9 Å². The molecule has 8 nitrogen and oxygen atoms in total. The number of nitrogens with zero attached hydrogens (tertiary/aromatic N) is 2. The van der Waals surface area contributed by atoms with Crippen molar-refractivity contribution in [2.24, 2.45) is 11.7 Å². The first-order chi connectivity index (χ1) is 18.8. The number of aromatic nitrogens is 1. The number of alkyl halides is 3. The van der Waals surface area contributed by atoms with Crippen LogP contribution in [0.2, 0.25) is 0 Å². The third kappa shape index (κ3) is 8.35. The number of ketones is 1. The van der Waals surface area contributed by atoms with Crippen LogP contribution in [0.1, 0.15) is 37.8 Å². The van der Waals surface area contributed by atoms with Gasteiger partial charge < -0.3 is 15.6 Å². The van der Waals surface area contributed by atoms with Gasteiger partial charge in [-0.3, -0.25) is 15.2 Å². The van der Waals surface area contributed by atoms with Gasteiger partial charge in [0.2, 0.25) is 5.78 Å². The minimum absolute atomic E-state index is 0.363. The first-order valence-corrected chi connectivity index (χ1v) is 12.6. The Kier molecular flexibility index (Phi) is 10.0. The highest BCUT2D eigenvalue weighted by Crippen LogP contribution is 2.39. The highest BCUT2D eigenvalue weighted by molar-refractivity contribution is 5.88. The van der Waals surface area contributed by atoms with E-state index < -0.39 is 48.1 Å². The number of benzene rings is 2. The topological polar surface area (TPSA) is 118 Å². The summed E-state index contributed by atoms with van der Waals surface area (Å²) in [5, 5.41) is 12.2. The normalized spacial score (nSPS) is 14.3. The lowest BCUT2D eigenvalue weighted by molar-refractivity contribution is -0.180. The fourth-order valence-electron chi connectivity index (χ4n) is 4.33. The van der Waals surface area contributed by atoms with Crippen LogP contribution in [0.3, 0.4) is 0 Å². The van der Waals surface area contributed by atoms with Crippen LogP contribution in [0.4, 0.5) is 18.0 Å². The van der Waals surface area contributed by atoms with E-state index in [2.05, 4.69) is 10.4 Å². The third-order valence-corrected chi connectivity index (χ3v) is 6.02. The minimum atomic E-state index is -5.24. The Morgan fingerprint density at radius 1 is 0.975 bits per heavy atom. The van der Waals surface area contributed by atoms with Crippen molar-refractivity contribution in [3.63, 3.8) is 0 Å². The number of nitrogens with one attached hydrogen (secondary N) is 1. The minimum Gasteiger partial charge on any atom is -0.443 e. The summed E-state index contributed by atoms with van der Waals surface area (Å²) in [6.07, 6.45) is -6.40. The van der Waals surface area contributed by atoms with Gasteiger partial charge in [0, 0.05) is 24.2 Å². The van der Waals surface area contributed by atoms with Crippen molar-refractivity contribution in [1.82, 2.24) is 15.4 Å². The van der Waals surface area contributed by atoms with E-state index in [1.807, 2.05) is 6.07 Å². The molecule has 3 aromatic rings. The second-order valence-electron chi connectivity index (χ2n) is 10.2. The molecule has 1 amide bonds. The number of halogens is 3. The zero-order valence-electron chi connectivity index (χ0n) is 22.4. The first-order valence-electron chi connectivity index (χ1n) is 12.6. The summed E-state index contributed by atoms with van der Waals surface area (Å²) in [6, 6.07) is 20.2. The van der Waals surface area contributed by atoms with Gasteiger partial charge in [-0.15, -0.1) is 0 Å². The Balaban J connectivity index is 2.01. The Hall–Kier alpha value is -3.80. The molecule has 2 aromatic carbocycles. The molecular weight excluding hydrogens is 525 g/mol. The second-order valence-corrected chi connectivity index (χ2v) is 10.2. The molecule has 0 aliphatic heterocycles. The van der Waals surface area contributed by atoms with Gasteiger partial charge in [-0.1, -0.05) is 60.7 Å². The predicted octanol–water partition coefficient (Wildman–Crippen LogP) is 4.65. The fourth-order valence-corrected chi connectivity index (χ4v) is 4.33. The zero-order valence-corrected chi connectivity index (χ0v) is 22.4. The van der Waals surface area contributed by atoms with Gasteiger partial charge in [-0.2, -0.15) is 13.2 Å². The number of Topliss-reactive ketones (excluding diaryl/α,β-unsaturated/α-hetero) is 1. The van der Waals surface area contributed by atoms with Gasteiger partial charge in [0.1, 0.15) is 5.60 Å². The predicted molar refractivity (Wildman–Crippen MR) is 144 cm³/mol. The molecule has 0 saturated carbocycles. The van der Waals surface area contributed by atoms with Crippen LogP contribution < -0.4 is 11.2 Å². The lowest BCUT2D eigenvalue weighted by atomic mass is 9.75. The van der Waals surface area contributed by atoms with E-state index >= 15 is 0 Å². The summed E-state index contributed by atoms with van der Waals surface area (Å²) in [5.74, 6) is -5.24. The maximum atomic E-state index is 14.0. The summed E-state index contributed by atoms with van der Waals surface area (Å²) in [5.41, 5.74) is 9.34. The summed E-state index contributed by atoms with van der Waals surface area (Å²) < 4.78 is 47.0. The van der Waals surface area contributed by atoms with Crippen LogP contribution in [0.25, 0.3) is 11.3 Å². The van der Waals surface area contributed by atoms with E-state index in [9.17, 15) is 27.9 Å². The molecule has 4 N–H and O–H groups in total. The van der Waals surface area contributed by atoms with Crippen LogP contribution in [0.5, 0.6) is 0 Å². The summed E-state index contributed by atoms with van der Waals surface area (Å²) in [6.45, 7) is 3.97. The molecule has 3 atom stereocenters. The van der Waals surface area contributed by atoms with Crippen molar-refractivity contribution < 1.29 is 32.6 Å². The summed E-state index contributed by atoms with van der Waals surface area (Å²) >= 11 is 0. The monoisotopic (exact) mass is 558 g/mol. The van der Waals surface area contributed by atoms with Gasteiger partial charge in [-0.25, -0.2) is 9.80 Å². The van der Waals surface area contributed by atoms with E-state index in [1.54, 1.807) is 93.7 Å². The van der Waals surface area contributed by atoms with E-state index in [4.69, 9.17) is 10.5 Å². The van der Waals surface area contributed by atoms with Gasteiger partial charge in [-0.05, 0) is 44.0 Å². The second kappa shape index (κ2) is 13.0. The number of aliphatic hydroxyl groups is 1. The third-order valence-electron chi connectivity index (χ3n) is 6.02. The SMILES string of the molecule is CC(C)(C)OC(=O)NN(CN)CC(O)C(C(=O)C(F)(F)F)C(c1ccccc1)c1ccc(-c2ccccn2)cc1. The molecule has 0 bridgehead atoms. The van der Waals surface area contributed by atoms with Crippen molar-refractivity contribution in [1.29, 1.82) is 0 Å². The van der Waals surface area contributed by atoms with Gasteiger partial charge in [0.15, 0.2) is 0 Å². The Bertz CT molecular complexity index is 1250. The largest absolute Gasteiger partial charge is 0.450 e. The molecule has 214 valence electrons. The molecule has 11 heteroatoms. The van der Waals surface area contributed by atoms with Crippen LogP contribution in [0, 0.1) is 5.92 Å². The maximum absolute atomic E-state index is 14.0. The molecule has 1 aromatic heterocycles. The maximum Gasteiger partial charge on any atom is 0.450 e. The lowest BCUT2D eigenvalue weighted by Gasteiger charge is -2.34. The molecule has 0 spiro atoms. The zero-order chi connectivity index (χ0) is 29.5. The first kappa shape index (κ1) is 30.7. The number of rotatable bonds is 10. The number of pyridine rings is 1. The van der Waals surface area contributed by atoms with Gasteiger partial charge in [0.25, 0.3) is 0 Å². The Labute approximate surface area is 230 Å². The smallest absolute Gasteiger partial charge is 0.443 e. The van der Waals surface area contributed by atoms with Crippen LogP contribution in [-0.2, 0) is 9.53 Å². The summed E-state index contributed by atoms with van der Waals surface area (Å²) in [7, 11) is 0. The quantitative estimate of drug-likeness (QED) is 0.245. The standard InChI is InChI=1S/C29H33F3N4O4/c1-28(2,3)40-27(39)35-36(18-33)17-23(37)25(26(38)29(30,31)32)24(20-9-5-4-6-10-20)21-14-12-19(13-15-21)22-11-7-8-16-34-22/h4-16,23-25,37H,17-18,33H2,1-3H3,(H,35,39). The van der Waals surface area contributed by atoms with E-state index in [0.717, 1.165) is 10.6 Å². The molecule has 0 aliphatic carbocycles. The van der Waals surface area contributed by atoms with E-state index in [1.165, 1.54) is 0 Å². The van der Waals surface area contributed by atoms with Crippen LogP contribution >= 0.6 is 0 Å². The molecular formula is C29H33F3N4O4. The number of ether oxygens (including phenoxy) is 1. The van der Waals surface area contributed by atoms with Crippen molar-refractivity contribution in [3.05, 3.63) is 90.1 Å². The number of carbonyl (C=O) groups is 2. The molecule has 3 rings (SSSR count). The number of hydrogen-bond donors (Lipinski definition) is 3. The van der Waals surface area contributed by atoms with Crippen molar-refractivity contribution in [2.45, 2.75) is 44.6 Å². The number of carbonyl (C=O) groups excluding carboxylic acids is 2. The highest BCUT2D eigenvalue weighted by atomic mass is 19.4. The van der Waals surface area contributed by atoms with Crippen molar-refractivity contribution in [3.8, 4) is 11.3 Å². The molecule has 0 radical (unpaired) electrons. The molecule has 0 saturated heterocycles. The average Bonchev–Trinajstić information content (AvgIpc) is 2.90. The lowest BCUT2D eigenvalue weighted by Crippen LogP contribution is -2.53. The summed E-state index contributed by atoms with van der Waals surface area (Å²) in [4.78, 5) is 29.4. The molecule has 0 aliphatic rings. The van der Waals surface area contributed by atoms with Crippen molar-refractivity contribution in [2.75, 3.05) is 13.2 Å². The fraction of sp³-hybridized carbons (Fsp3) is 0.345.